The van der Waals surface area contributed by atoms with Crippen molar-refractivity contribution in [1.29, 1.82) is 0 Å². The standard InChI is InChI=1S/C11H22N4O3/c1-7(2)9-8(12)10(15(3)14-9)13-11(4-16,5-17)6-18/h7,13,16-18H,4-6,12H2,1-3H3. The number of aromatic nitrogens is 2. The third-order valence-electron chi connectivity index (χ3n) is 2.95. The van der Waals surface area contributed by atoms with E-state index in [4.69, 9.17) is 5.73 Å². The first-order valence-electron chi connectivity index (χ1n) is 5.84. The molecule has 1 heterocycles. The van der Waals surface area contributed by atoms with Crippen LogP contribution in [-0.2, 0) is 7.05 Å². The fraction of sp³-hybridized carbons (Fsp3) is 0.727. The minimum Gasteiger partial charge on any atom is -0.394 e. The summed E-state index contributed by atoms with van der Waals surface area (Å²) >= 11 is 0. The molecule has 0 aliphatic carbocycles. The van der Waals surface area contributed by atoms with Crippen LogP contribution in [0.25, 0.3) is 0 Å². The predicted octanol–water partition coefficient (Wildman–Crippen LogP) is -0.747. The molecule has 104 valence electrons. The summed E-state index contributed by atoms with van der Waals surface area (Å²) in [5.41, 5.74) is 5.98. The zero-order valence-electron chi connectivity index (χ0n) is 11.0. The van der Waals surface area contributed by atoms with Crippen molar-refractivity contribution in [3.05, 3.63) is 5.69 Å². The Bertz CT molecular complexity index is 391. The van der Waals surface area contributed by atoms with Gasteiger partial charge in [0.2, 0.25) is 0 Å². The minimum absolute atomic E-state index is 0.165. The molecular formula is C11H22N4O3. The van der Waals surface area contributed by atoms with Crippen LogP contribution >= 0.6 is 0 Å². The van der Waals surface area contributed by atoms with Gasteiger partial charge < -0.3 is 26.4 Å². The highest BCUT2D eigenvalue weighted by Gasteiger charge is 2.30. The first-order valence-corrected chi connectivity index (χ1v) is 5.84. The molecular weight excluding hydrogens is 236 g/mol. The van der Waals surface area contributed by atoms with Gasteiger partial charge in [-0.15, -0.1) is 0 Å². The highest BCUT2D eigenvalue weighted by molar-refractivity contribution is 5.66. The molecule has 1 rings (SSSR count). The number of rotatable bonds is 6. The molecule has 0 radical (unpaired) electrons. The van der Waals surface area contributed by atoms with E-state index in [1.807, 2.05) is 13.8 Å². The van der Waals surface area contributed by atoms with Crippen LogP contribution in [0.4, 0.5) is 11.5 Å². The Morgan fingerprint density at radius 2 is 1.78 bits per heavy atom. The van der Waals surface area contributed by atoms with E-state index in [9.17, 15) is 15.3 Å². The molecule has 18 heavy (non-hydrogen) atoms. The third kappa shape index (κ3) is 2.58. The molecule has 0 atom stereocenters. The van der Waals surface area contributed by atoms with Crippen molar-refractivity contribution in [2.24, 2.45) is 7.05 Å². The van der Waals surface area contributed by atoms with Gasteiger partial charge in [0.1, 0.15) is 11.4 Å². The topological polar surface area (TPSA) is 117 Å². The molecule has 0 aliphatic rings. The van der Waals surface area contributed by atoms with Gasteiger partial charge in [0.05, 0.1) is 31.2 Å². The van der Waals surface area contributed by atoms with Gasteiger partial charge in [0.15, 0.2) is 0 Å². The first-order chi connectivity index (χ1) is 8.40. The van der Waals surface area contributed by atoms with E-state index >= 15 is 0 Å². The number of nitrogens with two attached hydrogens (primary N) is 1. The van der Waals surface area contributed by atoms with E-state index in [2.05, 4.69) is 10.4 Å². The van der Waals surface area contributed by atoms with Crippen LogP contribution in [0.2, 0.25) is 0 Å². The van der Waals surface area contributed by atoms with Crippen molar-refractivity contribution in [3.8, 4) is 0 Å². The molecule has 0 aliphatic heterocycles. The summed E-state index contributed by atoms with van der Waals surface area (Å²) in [6, 6.07) is 0. The van der Waals surface area contributed by atoms with Crippen molar-refractivity contribution in [3.63, 3.8) is 0 Å². The number of hydrogen-bond donors (Lipinski definition) is 5. The third-order valence-corrected chi connectivity index (χ3v) is 2.95. The molecule has 7 nitrogen and oxygen atoms in total. The lowest BCUT2D eigenvalue weighted by molar-refractivity contribution is 0.0829. The largest absolute Gasteiger partial charge is 0.394 e. The van der Waals surface area contributed by atoms with Gasteiger partial charge in [-0.05, 0) is 5.92 Å². The Labute approximate surface area is 106 Å². The fourth-order valence-corrected chi connectivity index (χ4v) is 1.66. The molecule has 1 aromatic rings. The molecule has 1 aromatic heterocycles. The van der Waals surface area contributed by atoms with Gasteiger partial charge in [0, 0.05) is 7.05 Å². The maximum Gasteiger partial charge on any atom is 0.148 e. The Morgan fingerprint density at radius 3 is 2.11 bits per heavy atom. The Morgan fingerprint density at radius 1 is 1.28 bits per heavy atom. The quantitative estimate of drug-likeness (QED) is 0.458. The predicted molar refractivity (Wildman–Crippen MR) is 69.3 cm³/mol. The molecule has 6 N–H and O–H groups in total. The summed E-state index contributed by atoms with van der Waals surface area (Å²) in [7, 11) is 1.71. The molecule has 0 spiro atoms. The van der Waals surface area contributed by atoms with Crippen molar-refractivity contribution in [1.82, 2.24) is 9.78 Å². The van der Waals surface area contributed by atoms with Gasteiger partial charge in [0.25, 0.3) is 0 Å². The Balaban J connectivity index is 3.11. The van der Waals surface area contributed by atoms with Gasteiger partial charge in [-0.2, -0.15) is 5.10 Å². The minimum atomic E-state index is -1.21. The smallest absolute Gasteiger partial charge is 0.148 e. The van der Waals surface area contributed by atoms with Gasteiger partial charge in [-0.3, -0.25) is 4.68 Å². The second kappa shape index (κ2) is 5.55. The lowest BCUT2D eigenvalue weighted by Crippen LogP contribution is -2.49. The number of nitrogens with one attached hydrogen (secondary N) is 1. The highest BCUT2D eigenvalue weighted by atomic mass is 16.3. The van der Waals surface area contributed by atoms with E-state index in [0.717, 1.165) is 5.69 Å². The molecule has 0 aromatic carbocycles. The highest BCUT2D eigenvalue weighted by Crippen LogP contribution is 2.29. The van der Waals surface area contributed by atoms with E-state index in [-0.39, 0.29) is 5.92 Å². The van der Waals surface area contributed by atoms with Crippen molar-refractivity contribution in [2.45, 2.75) is 25.3 Å². The fourth-order valence-electron chi connectivity index (χ4n) is 1.66. The normalized spacial score (nSPS) is 12.2. The number of aryl methyl sites for hydroxylation is 1. The summed E-state index contributed by atoms with van der Waals surface area (Å²) in [4.78, 5) is 0. The average Bonchev–Trinajstić information content (AvgIpc) is 2.63. The Kier molecular flexibility index (Phi) is 4.55. The second-order valence-electron chi connectivity index (χ2n) is 4.81. The van der Waals surface area contributed by atoms with Crippen LogP contribution in [0.5, 0.6) is 0 Å². The first kappa shape index (κ1) is 14.7. The van der Waals surface area contributed by atoms with Gasteiger partial charge in [-0.25, -0.2) is 0 Å². The zero-order valence-corrected chi connectivity index (χ0v) is 11.0. The lowest BCUT2D eigenvalue weighted by atomic mass is 10.0. The SMILES string of the molecule is CC(C)c1nn(C)c(NC(CO)(CO)CO)c1N. The van der Waals surface area contributed by atoms with E-state index in [1.165, 1.54) is 0 Å². The number of anilines is 2. The summed E-state index contributed by atoms with van der Waals surface area (Å²) in [6.07, 6.45) is 0. The molecule has 0 saturated carbocycles. The summed E-state index contributed by atoms with van der Waals surface area (Å²) < 4.78 is 1.54. The number of aliphatic hydroxyl groups is 3. The van der Waals surface area contributed by atoms with Crippen LogP contribution in [-0.4, -0.2) is 50.5 Å². The number of nitrogen functional groups attached to an aromatic ring is 1. The molecule has 0 unspecified atom stereocenters. The maximum absolute atomic E-state index is 9.28. The van der Waals surface area contributed by atoms with Crippen molar-refractivity contribution < 1.29 is 15.3 Å². The lowest BCUT2D eigenvalue weighted by Gasteiger charge is -2.29. The van der Waals surface area contributed by atoms with E-state index in [0.29, 0.717) is 11.5 Å². The zero-order chi connectivity index (χ0) is 13.9. The summed E-state index contributed by atoms with van der Waals surface area (Å²) in [6.45, 7) is 2.70. The monoisotopic (exact) mass is 258 g/mol. The van der Waals surface area contributed by atoms with Crippen LogP contribution < -0.4 is 11.1 Å². The molecule has 0 bridgehead atoms. The van der Waals surface area contributed by atoms with Crippen molar-refractivity contribution in [2.75, 3.05) is 30.9 Å². The Hall–Kier alpha value is -1.31. The van der Waals surface area contributed by atoms with Gasteiger partial charge in [-0.1, -0.05) is 13.8 Å². The number of nitrogens with zero attached hydrogens (tertiary/aromatic N) is 2. The summed E-state index contributed by atoms with van der Waals surface area (Å²) in [5, 5.41) is 35.0. The maximum atomic E-state index is 9.28. The number of aliphatic hydroxyl groups excluding tert-OH is 3. The number of hydrogen-bond acceptors (Lipinski definition) is 6. The van der Waals surface area contributed by atoms with Crippen LogP contribution in [0.3, 0.4) is 0 Å². The van der Waals surface area contributed by atoms with Crippen molar-refractivity contribution >= 4 is 11.5 Å². The van der Waals surface area contributed by atoms with E-state index in [1.54, 1.807) is 11.7 Å². The van der Waals surface area contributed by atoms with Crippen LogP contribution in [0, 0.1) is 0 Å². The van der Waals surface area contributed by atoms with E-state index < -0.39 is 25.4 Å². The summed E-state index contributed by atoms with van der Waals surface area (Å²) in [5.74, 6) is 0.648. The average molecular weight is 258 g/mol. The van der Waals surface area contributed by atoms with Gasteiger partial charge >= 0.3 is 0 Å². The molecule has 0 amide bonds. The second-order valence-corrected chi connectivity index (χ2v) is 4.81. The van der Waals surface area contributed by atoms with Crippen LogP contribution in [0.1, 0.15) is 25.5 Å². The molecule has 7 heteroatoms. The molecule has 0 fully saturated rings. The molecule has 0 saturated heterocycles. The van der Waals surface area contributed by atoms with Crippen LogP contribution in [0.15, 0.2) is 0 Å².